The van der Waals surface area contributed by atoms with Crippen molar-refractivity contribution in [1.29, 1.82) is 0 Å². The first-order chi connectivity index (χ1) is 11.6. The van der Waals surface area contributed by atoms with Crippen LogP contribution in [0.1, 0.15) is 60.8 Å². The molecule has 3 nitrogen and oxygen atoms in total. The zero-order valence-corrected chi connectivity index (χ0v) is 16.5. The van der Waals surface area contributed by atoms with Crippen LogP contribution in [0.25, 0.3) is 0 Å². The lowest BCUT2D eigenvalue weighted by molar-refractivity contribution is -0.139. The highest BCUT2D eigenvalue weighted by Crippen LogP contribution is 2.66. The van der Waals surface area contributed by atoms with Crippen molar-refractivity contribution in [2.75, 3.05) is 6.61 Å². The SMILES string of the molecule is CC(=O)OC/C=C(C)/C=C/C=C(C)/C=C/[C@@]12O[C@]1(C)CCCC2(C)C. The van der Waals surface area contributed by atoms with Crippen molar-refractivity contribution < 1.29 is 14.3 Å². The molecular weight excluding hydrogens is 312 g/mol. The van der Waals surface area contributed by atoms with Crippen molar-refractivity contribution in [2.45, 2.75) is 72.0 Å². The lowest BCUT2D eigenvalue weighted by Crippen LogP contribution is -2.41. The van der Waals surface area contributed by atoms with Crippen molar-refractivity contribution in [3.63, 3.8) is 0 Å². The normalized spacial score (nSPS) is 32.1. The number of rotatable bonds is 6. The van der Waals surface area contributed by atoms with Crippen LogP contribution in [-0.2, 0) is 14.3 Å². The van der Waals surface area contributed by atoms with Gasteiger partial charge in [-0.1, -0.05) is 49.3 Å². The van der Waals surface area contributed by atoms with Crippen molar-refractivity contribution >= 4 is 5.97 Å². The molecule has 1 aliphatic heterocycles. The quantitative estimate of drug-likeness (QED) is 0.373. The Morgan fingerprint density at radius 3 is 2.44 bits per heavy atom. The number of ether oxygens (including phenoxy) is 2. The zero-order valence-electron chi connectivity index (χ0n) is 16.5. The highest BCUT2D eigenvalue weighted by atomic mass is 16.6. The number of fused-ring (bicyclic) bond motifs is 1. The molecule has 2 rings (SSSR count). The number of hydrogen-bond acceptors (Lipinski definition) is 3. The molecule has 25 heavy (non-hydrogen) atoms. The fourth-order valence-electron chi connectivity index (χ4n) is 3.92. The third-order valence-electron chi connectivity index (χ3n) is 5.58. The van der Waals surface area contributed by atoms with E-state index >= 15 is 0 Å². The number of epoxide rings is 1. The molecule has 0 amide bonds. The standard InChI is InChI=1S/C22H32O3/c1-17(9-7-10-18(2)12-16-24-19(3)23)11-15-22-20(4,5)13-8-14-21(22,6)25-22/h7,9-12,15H,8,13-14,16H2,1-6H3/b10-7+,15-11+,17-9+,18-12+/t21-,22+/m1/s1. The summed E-state index contributed by atoms with van der Waals surface area (Å²) in [5.41, 5.74) is 2.34. The summed E-state index contributed by atoms with van der Waals surface area (Å²) in [7, 11) is 0. The van der Waals surface area contributed by atoms with Gasteiger partial charge in [-0.05, 0) is 52.2 Å². The maximum Gasteiger partial charge on any atom is 0.302 e. The van der Waals surface area contributed by atoms with Gasteiger partial charge in [0.25, 0.3) is 0 Å². The highest BCUT2D eigenvalue weighted by Gasteiger charge is 2.73. The van der Waals surface area contributed by atoms with Gasteiger partial charge in [-0.15, -0.1) is 0 Å². The summed E-state index contributed by atoms with van der Waals surface area (Å²) in [4.78, 5) is 10.7. The summed E-state index contributed by atoms with van der Waals surface area (Å²) in [6.45, 7) is 12.7. The Morgan fingerprint density at radius 1 is 1.08 bits per heavy atom. The predicted molar refractivity (Wildman–Crippen MR) is 102 cm³/mol. The van der Waals surface area contributed by atoms with E-state index in [1.54, 1.807) is 0 Å². The maximum absolute atomic E-state index is 10.7. The first kappa shape index (κ1) is 19.7. The summed E-state index contributed by atoms with van der Waals surface area (Å²) in [5, 5.41) is 0. The molecule has 0 N–H and O–H groups in total. The summed E-state index contributed by atoms with van der Waals surface area (Å²) in [5.74, 6) is -0.256. The van der Waals surface area contributed by atoms with Crippen LogP contribution in [0.15, 0.2) is 47.6 Å². The van der Waals surface area contributed by atoms with Crippen LogP contribution in [0.5, 0.6) is 0 Å². The Balaban J connectivity index is 1.96. The molecule has 0 aromatic carbocycles. The van der Waals surface area contributed by atoms with E-state index in [-0.39, 0.29) is 22.6 Å². The van der Waals surface area contributed by atoms with Crippen molar-refractivity contribution in [3.8, 4) is 0 Å². The van der Waals surface area contributed by atoms with Gasteiger partial charge >= 0.3 is 5.97 Å². The highest BCUT2D eigenvalue weighted by molar-refractivity contribution is 5.66. The number of allylic oxidation sites excluding steroid dienone is 6. The van der Waals surface area contributed by atoms with E-state index in [4.69, 9.17) is 9.47 Å². The van der Waals surface area contributed by atoms with Crippen LogP contribution in [0.3, 0.4) is 0 Å². The van der Waals surface area contributed by atoms with E-state index in [1.807, 2.05) is 25.2 Å². The van der Waals surface area contributed by atoms with Gasteiger partial charge in [0, 0.05) is 12.3 Å². The van der Waals surface area contributed by atoms with Crippen LogP contribution in [0.2, 0.25) is 0 Å². The van der Waals surface area contributed by atoms with Crippen molar-refractivity contribution in [1.82, 2.24) is 0 Å². The van der Waals surface area contributed by atoms with Crippen LogP contribution in [0, 0.1) is 5.41 Å². The van der Waals surface area contributed by atoms with E-state index in [2.05, 4.69) is 45.9 Å². The Kier molecular flexibility index (Phi) is 5.78. The molecule has 1 heterocycles. The number of carbonyl (C=O) groups is 1. The second-order valence-electron chi connectivity index (χ2n) is 8.16. The minimum Gasteiger partial charge on any atom is -0.462 e. The Bertz CT molecular complexity index is 636. The minimum atomic E-state index is -0.256. The van der Waals surface area contributed by atoms with Crippen LogP contribution >= 0.6 is 0 Å². The molecule has 0 bridgehead atoms. The lowest BCUT2D eigenvalue weighted by atomic mass is 9.64. The van der Waals surface area contributed by atoms with Crippen LogP contribution < -0.4 is 0 Å². The molecule has 2 aliphatic rings. The predicted octanol–water partition coefficient (Wildman–Crippen LogP) is 5.29. The largest absolute Gasteiger partial charge is 0.462 e. The molecule has 0 spiro atoms. The molecule has 0 radical (unpaired) electrons. The van der Waals surface area contributed by atoms with Crippen molar-refractivity contribution in [2.24, 2.45) is 5.41 Å². The van der Waals surface area contributed by atoms with Crippen molar-refractivity contribution in [3.05, 3.63) is 47.6 Å². The molecule has 0 aromatic rings. The molecule has 1 saturated heterocycles. The van der Waals surface area contributed by atoms with Gasteiger partial charge in [-0.25, -0.2) is 0 Å². The topological polar surface area (TPSA) is 38.8 Å². The zero-order chi connectivity index (χ0) is 18.7. The minimum absolute atomic E-state index is 0.0113. The summed E-state index contributed by atoms with van der Waals surface area (Å²) in [6.07, 6.45) is 16.1. The Labute approximate surface area is 152 Å². The second-order valence-corrected chi connectivity index (χ2v) is 8.16. The Hall–Kier alpha value is -1.61. The van der Waals surface area contributed by atoms with E-state index in [0.717, 1.165) is 12.0 Å². The van der Waals surface area contributed by atoms with E-state index in [9.17, 15) is 4.79 Å². The van der Waals surface area contributed by atoms with Crippen LogP contribution in [-0.4, -0.2) is 23.8 Å². The first-order valence-corrected chi connectivity index (χ1v) is 9.16. The summed E-state index contributed by atoms with van der Waals surface area (Å²) in [6, 6.07) is 0. The first-order valence-electron chi connectivity index (χ1n) is 9.16. The average molecular weight is 344 g/mol. The lowest BCUT2D eigenvalue weighted by Gasteiger charge is -2.36. The number of carbonyl (C=O) groups excluding carboxylic acids is 1. The van der Waals surface area contributed by atoms with Crippen LogP contribution in [0.4, 0.5) is 0 Å². The molecule has 1 aliphatic carbocycles. The fraction of sp³-hybridized carbons (Fsp3) is 0.591. The smallest absolute Gasteiger partial charge is 0.302 e. The van der Waals surface area contributed by atoms with Gasteiger partial charge in [0.2, 0.25) is 0 Å². The van der Waals surface area contributed by atoms with Gasteiger partial charge in [-0.2, -0.15) is 0 Å². The molecule has 138 valence electrons. The third-order valence-corrected chi connectivity index (χ3v) is 5.58. The van der Waals surface area contributed by atoms with E-state index in [1.165, 1.54) is 25.3 Å². The molecule has 0 unspecified atom stereocenters. The number of esters is 1. The van der Waals surface area contributed by atoms with Gasteiger partial charge in [-0.3, -0.25) is 4.79 Å². The molecule has 1 saturated carbocycles. The summed E-state index contributed by atoms with van der Waals surface area (Å²) >= 11 is 0. The molecular formula is C22H32O3. The van der Waals surface area contributed by atoms with Gasteiger partial charge in [0.15, 0.2) is 0 Å². The average Bonchev–Trinajstić information content (AvgIpc) is 3.12. The van der Waals surface area contributed by atoms with Gasteiger partial charge in [0.05, 0.1) is 5.60 Å². The molecule has 2 fully saturated rings. The maximum atomic E-state index is 10.7. The molecule has 3 heteroatoms. The molecule has 2 atom stereocenters. The number of hydrogen-bond donors (Lipinski definition) is 0. The van der Waals surface area contributed by atoms with Gasteiger partial charge < -0.3 is 9.47 Å². The second kappa shape index (κ2) is 7.33. The van der Waals surface area contributed by atoms with E-state index < -0.39 is 0 Å². The van der Waals surface area contributed by atoms with E-state index in [0.29, 0.717) is 6.61 Å². The Morgan fingerprint density at radius 2 is 1.80 bits per heavy atom. The fourth-order valence-corrected chi connectivity index (χ4v) is 3.92. The van der Waals surface area contributed by atoms with Gasteiger partial charge in [0.1, 0.15) is 12.2 Å². The third kappa shape index (κ3) is 4.33. The molecule has 0 aromatic heterocycles. The summed E-state index contributed by atoms with van der Waals surface area (Å²) < 4.78 is 11.1. The monoisotopic (exact) mass is 344 g/mol.